The van der Waals surface area contributed by atoms with Gasteiger partial charge in [0.25, 0.3) is 0 Å². The van der Waals surface area contributed by atoms with Crippen LogP contribution in [-0.2, 0) is 4.74 Å². The third kappa shape index (κ3) is 6.52. The molecule has 1 atom stereocenters. The Balaban J connectivity index is 2.14. The molecule has 9 nitrogen and oxygen atoms in total. The number of allylic oxidation sites excluding steroid dienone is 1. The van der Waals surface area contributed by atoms with Crippen molar-refractivity contribution in [1.82, 2.24) is 14.5 Å². The smallest absolute Gasteiger partial charge is 0.209 e. The molecule has 29 heavy (non-hydrogen) atoms. The van der Waals surface area contributed by atoms with Crippen molar-refractivity contribution in [3.05, 3.63) is 36.6 Å². The summed E-state index contributed by atoms with van der Waals surface area (Å²) in [6, 6.07) is 3.49. The van der Waals surface area contributed by atoms with Crippen LogP contribution in [0.5, 0.6) is 0 Å². The molecule has 0 saturated carbocycles. The predicted molar refractivity (Wildman–Crippen MR) is 115 cm³/mol. The van der Waals surface area contributed by atoms with Gasteiger partial charge in [-0.2, -0.15) is 0 Å². The third-order valence-corrected chi connectivity index (χ3v) is 3.52. The van der Waals surface area contributed by atoms with Gasteiger partial charge in [-0.1, -0.05) is 0 Å². The van der Waals surface area contributed by atoms with Crippen molar-refractivity contribution < 1.29 is 9.13 Å². The second-order valence-corrected chi connectivity index (χ2v) is 6.49. The summed E-state index contributed by atoms with van der Waals surface area (Å²) in [5.74, 6) is 0.239. The van der Waals surface area contributed by atoms with Crippen LogP contribution in [0, 0.1) is 5.41 Å². The highest BCUT2D eigenvalue weighted by Gasteiger charge is 2.10. The molecule has 2 rings (SSSR count). The number of hydrogen-bond acceptors (Lipinski definition) is 8. The minimum absolute atomic E-state index is 0.0481. The van der Waals surface area contributed by atoms with Gasteiger partial charge in [-0.05, 0) is 39.6 Å². The van der Waals surface area contributed by atoms with Crippen LogP contribution in [0.2, 0.25) is 0 Å². The van der Waals surface area contributed by atoms with Gasteiger partial charge in [0.1, 0.15) is 23.5 Å². The van der Waals surface area contributed by atoms with Crippen molar-refractivity contribution in [1.29, 1.82) is 5.41 Å². The molecule has 0 aliphatic heterocycles. The first-order valence-corrected chi connectivity index (χ1v) is 8.95. The van der Waals surface area contributed by atoms with Gasteiger partial charge in [0.2, 0.25) is 5.90 Å². The summed E-state index contributed by atoms with van der Waals surface area (Å²) in [5.41, 5.74) is 7.26. The molecule has 0 aliphatic rings. The summed E-state index contributed by atoms with van der Waals surface area (Å²) in [5, 5.41) is 11.0. The van der Waals surface area contributed by atoms with E-state index in [4.69, 9.17) is 15.9 Å². The minimum atomic E-state index is -0.565. The lowest BCUT2D eigenvalue weighted by molar-refractivity contribution is 0.228. The summed E-state index contributed by atoms with van der Waals surface area (Å²) in [4.78, 5) is 16.1. The lowest BCUT2D eigenvalue weighted by atomic mass is 10.3. The zero-order chi connectivity index (χ0) is 21.4. The number of imidazole rings is 1. The Labute approximate surface area is 168 Å². The van der Waals surface area contributed by atoms with E-state index in [-0.39, 0.29) is 23.9 Å². The van der Waals surface area contributed by atoms with Crippen LogP contribution in [0.15, 0.2) is 46.5 Å². The molecule has 0 fully saturated rings. The van der Waals surface area contributed by atoms with Gasteiger partial charge in [-0.15, -0.1) is 0 Å². The van der Waals surface area contributed by atoms with Gasteiger partial charge in [-0.25, -0.2) is 14.4 Å². The zero-order valence-corrected chi connectivity index (χ0v) is 16.6. The Morgan fingerprint density at radius 3 is 2.90 bits per heavy atom. The number of halogens is 1. The number of hydrogen-bond donors (Lipinski definition) is 3. The number of nitrogens with one attached hydrogen (secondary N) is 2. The largest absolute Gasteiger partial charge is 0.475 e. The van der Waals surface area contributed by atoms with E-state index in [0.717, 1.165) is 12.4 Å². The standard InChI is InChI=1S/C19H25FN8O/c1-12(2)29-17(22)7-16(21)28-11-25-15-5-6-18(27-19(15)28)26-13(3)8-24-10-14(20)9-23-4/h5-7,9-13,22H,4,8,21H2,1-3H3,(H,26,27)/b14-9+,16-7?,22-17?,24-10?/t13-/m0/s1. The number of nitrogens with zero attached hydrogens (tertiary/aromatic N) is 5. The van der Waals surface area contributed by atoms with Crippen molar-refractivity contribution in [2.75, 3.05) is 11.9 Å². The molecular weight excluding hydrogens is 375 g/mol. The first-order chi connectivity index (χ1) is 13.8. The fraction of sp³-hybridized carbons (Fsp3) is 0.316. The summed E-state index contributed by atoms with van der Waals surface area (Å²) >= 11 is 0. The minimum Gasteiger partial charge on any atom is -0.475 e. The maximum Gasteiger partial charge on any atom is 0.209 e. The molecule has 0 radical (unpaired) electrons. The molecule has 4 N–H and O–H groups in total. The van der Waals surface area contributed by atoms with E-state index in [0.29, 0.717) is 23.5 Å². The van der Waals surface area contributed by atoms with Crippen molar-refractivity contribution in [3.63, 3.8) is 0 Å². The fourth-order valence-corrected chi connectivity index (χ4v) is 2.37. The Bertz CT molecular complexity index is 960. The SMILES string of the molecule is C=N/C=C(/F)C=NC[C@H](C)Nc1ccc2ncn(C(N)=CC(=N)OC(C)C)c2n1. The van der Waals surface area contributed by atoms with Crippen LogP contribution in [0.25, 0.3) is 17.0 Å². The molecule has 2 aromatic heterocycles. The quantitative estimate of drug-likeness (QED) is 0.440. The highest BCUT2D eigenvalue weighted by molar-refractivity contribution is 5.91. The average molecular weight is 400 g/mol. The van der Waals surface area contributed by atoms with Crippen LogP contribution in [0.1, 0.15) is 20.8 Å². The number of pyridine rings is 1. The van der Waals surface area contributed by atoms with Gasteiger partial charge in [0, 0.05) is 12.1 Å². The number of aliphatic imine (C=N–C) groups is 2. The molecule has 10 heteroatoms. The number of anilines is 1. The number of fused-ring (bicyclic) bond motifs is 1. The summed E-state index contributed by atoms with van der Waals surface area (Å²) in [7, 11) is 0. The Kier molecular flexibility index (Phi) is 7.58. The molecule has 0 aromatic carbocycles. The topological polar surface area (TPSA) is 127 Å². The molecule has 2 heterocycles. The molecule has 0 aliphatic carbocycles. The van der Waals surface area contributed by atoms with Gasteiger partial charge in [0.05, 0.1) is 25.1 Å². The van der Waals surface area contributed by atoms with E-state index < -0.39 is 5.83 Å². The van der Waals surface area contributed by atoms with Crippen LogP contribution in [0.4, 0.5) is 10.2 Å². The van der Waals surface area contributed by atoms with E-state index in [1.807, 2.05) is 20.8 Å². The van der Waals surface area contributed by atoms with Crippen LogP contribution in [-0.4, -0.2) is 52.1 Å². The first kappa shape index (κ1) is 21.7. The number of nitrogens with two attached hydrogens (primary N) is 1. The normalized spacial score (nSPS) is 13.8. The average Bonchev–Trinajstić information content (AvgIpc) is 3.04. The van der Waals surface area contributed by atoms with E-state index in [1.54, 1.807) is 16.7 Å². The summed E-state index contributed by atoms with van der Waals surface area (Å²) in [6.07, 6.45) is 4.90. The molecule has 0 amide bonds. The molecular formula is C19H25FN8O. The van der Waals surface area contributed by atoms with Crippen molar-refractivity contribution in [3.8, 4) is 0 Å². The Hall–Kier alpha value is -3.56. The molecule has 2 aromatic rings. The van der Waals surface area contributed by atoms with Crippen molar-refractivity contribution >= 4 is 41.6 Å². The van der Waals surface area contributed by atoms with E-state index in [2.05, 4.69) is 32.0 Å². The van der Waals surface area contributed by atoms with Crippen LogP contribution < -0.4 is 11.1 Å². The fourth-order valence-electron chi connectivity index (χ4n) is 2.37. The van der Waals surface area contributed by atoms with E-state index >= 15 is 0 Å². The highest BCUT2D eigenvalue weighted by Crippen LogP contribution is 2.17. The zero-order valence-electron chi connectivity index (χ0n) is 16.6. The van der Waals surface area contributed by atoms with E-state index in [1.165, 1.54) is 12.4 Å². The Morgan fingerprint density at radius 2 is 2.21 bits per heavy atom. The highest BCUT2D eigenvalue weighted by atomic mass is 19.1. The third-order valence-electron chi connectivity index (χ3n) is 3.52. The molecule has 0 unspecified atom stereocenters. The lowest BCUT2D eigenvalue weighted by Crippen LogP contribution is -2.19. The second-order valence-electron chi connectivity index (χ2n) is 6.49. The molecule has 154 valence electrons. The van der Waals surface area contributed by atoms with Gasteiger partial charge in [0.15, 0.2) is 11.5 Å². The lowest BCUT2D eigenvalue weighted by Gasteiger charge is -2.12. The van der Waals surface area contributed by atoms with Crippen molar-refractivity contribution in [2.45, 2.75) is 32.9 Å². The molecule has 0 saturated heterocycles. The number of ether oxygens (including phenoxy) is 1. The van der Waals surface area contributed by atoms with Crippen LogP contribution in [0.3, 0.4) is 0 Å². The number of aromatic nitrogens is 3. The molecule has 0 bridgehead atoms. The Morgan fingerprint density at radius 1 is 1.45 bits per heavy atom. The first-order valence-electron chi connectivity index (χ1n) is 8.95. The number of rotatable bonds is 9. The maximum absolute atomic E-state index is 13.2. The van der Waals surface area contributed by atoms with Gasteiger partial charge >= 0.3 is 0 Å². The van der Waals surface area contributed by atoms with E-state index in [9.17, 15) is 4.39 Å². The van der Waals surface area contributed by atoms with Gasteiger partial charge < -0.3 is 15.8 Å². The van der Waals surface area contributed by atoms with Crippen molar-refractivity contribution in [2.24, 2.45) is 15.7 Å². The maximum atomic E-state index is 13.2. The monoisotopic (exact) mass is 400 g/mol. The predicted octanol–water partition coefficient (Wildman–Crippen LogP) is 2.97. The summed E-state index contributed by atoms with van der Waals surface area (Å²) in [6.45, 7) is 9.07. The van der Waals surface area contributed by atoms with Crippen LogP contribution >= 0.6 is 0 Å². The summed E-state index contributed by atoms with van der Waals surface area (Å²) < 4.78 is 20.1. The molecule has 0 spiro atoms. The second kappa shape index (κ2) is 10.1. The van der Waals surface area contributed by atoms with Gasteiger partial charge in [-0.3, -0.25) is 20.0 Å².